The molecule has 8 aliphatic rings. The third kappa shape index (κ3) is 32.9. The highest BCUT2D eigenvalue weighted by Crippen LogP contribution is 2.65. The quantitative estimate of drug-likeness (QED) is 0.246. The summed E-state index contributed by atoms with van der Waals surface area (Å²) in [5, 5.41) is 0. The van der Waals surface area contributed by atoms with Crippen molar-refractivity contribution in [1.29, 1.82) is 0 Å². The number of allylic oxidation sites excluding steroid dienone is 4. The van der Waals surface area contributed by atoms with Gasteiger partial charge in [0.05, 0.1) is 0 Å². The molecule has 0 heteroatoms. The summed E-state index contributed by atoms with van der Waals surface area (Å²) in [6.07, 6.45) is 43.6. The molecular formula is C115H222. The predicted octanol–water partition coefficient (Wildman–Crippen LogP) is 38.9. The number of hydrogen-bond donors (Lipinski definition) is 0. The van der Waals surface area contributed by atoms with Crippen LogP contribution in [0.2, 0.25) is 0 Å². The van der Waals surface area contributed by atoms with Crippen LogP contribution in [0.1, 0.15) is 499 Å². The van der Waals surface area contributed by atoms with Crippen LogP contribution in [0.4, 0.5) is 0 Å². The molecule has 8 rings (SSSR count). The Morgan fingerprint density at radius 2 is 0.652 bits per heavy atom. The lowest BCUT2D eigenvalue weighted by Gasteiger charge is -2.57. The molecule has 0 nitrogen and oxygen atoms in total. The second kappa shape index (κ2) is 42.0. The Bertz CT molecular complexity index is 2680. The fourth-order valence-corrected chi connectivity index (χ4v) is 26.8. The first-order valence-electron chi connectivity index (χ1n) is 50.2. The third-order valence-electron chi connectivity index (χ3n) is 34.6. The maximum Gasteiger partial charge on any atom is -0.0205 e. The van der Waals surface area contributed by atoms with E-state index in [1.807, 2.05) is 0 Å². The molecule has 0 aromatic carbocycles. The van der Waals surface area contributed by atoms with E-state index in [2.05, 4.69) is 364 Å². The number of hydrogen-bond acceptors (Lipinski definition) is 0. The first-order chi connectivity index (χ1) is 51.3. The van der Waals surface area contributed by atoms with Gasteiger partial charge in [0.1, 0.15) is 0 Å². The lowest BCUT2D eigenvalue weighted by molar-refractivity contribution is -0.0787. The summed E-state index contributed by atoms with van der Waals surface area (Å²) in [5.41, 5.74) is 8.64. The van der Waals surface area contributed by atoms with Gasteiger partial charge in [-0.1, -0.05) is 394 Å². The Labute approximate surface area is 730 Å². The number of rotatable bonds is 4. The molecule has 8 aliphatic carbocycles. The molecule has 20 unspecified atom stereocenters. The van der Waals surface area contributed by atoms with Crippen molar-refractivity contribution in [2.24, 2.45) is 199 Å². The Morgan fingerprint density at radius 3 is 0.948 bits per heavy atom. The lowest BCUT2D eigenvalue weighted by Crippen LogP contribution is -2.49. The maximum absolute atomic E-state index is 4.21. The van der Waals surface area contributed by atoms with Crippen molar-refractivity contribution in [3.8, 4) is 0 Å². The molecule has 0 N–H and O–H groups in total. The van der Waals surface area contributed by atoms with Crippen LogP contribution in [0, 0.1) is 199 Å². The summed E-state index contributed by atoms with van der Waals surface area (Å²) in [6.45, 7) is 125. The summed E-state index contributed by atoms with van der Waals surface area (Å²) in [6, 6.07) is 0. The molecule has 0 amide bonds. The Balaban J connectivity index is 0.000000455. The van der Waals surface area contributed by atoms with Crippen molar-refractivity contribution in [3.63, 3.8) is 0 Å². The highest BCUT2D eigenvalue weighted by atomic mass is 14.6. The normalized spacial score (nSPS) is 33.4. The van der Waals surface area contributed by atoms with E-state index in [4.69, 9.17) is 0 Å². The molecular weight excluding hydrogens is 1380 g/mol. The molecule has 0 spiro atoms. The zero-order valence-electron chi connectivity index (χ0n) is 89.0. The van der Waals surface area contributed by atoms with Crippen LogP contribution in [-0.4, -0.2) is 0 Å². The summed E-state index contributed by atoms with van der Waals surface area (Å²) in [5.74, 6) is 17.0. The molecule has 682 valence electrons. The molecule has 0 aliphatic heterocycles. The average molecular weight is 1610 g/mol. The second-order valence-electron chi connectivity index (χ2n) is 57.7. The van der Waals surface area contributed by atoms with Gasteiger partial charge in [-0.3, -0.25) is 0 Å². The topological polar surface area (TPSA) is 0 Å². The van der Waals surface area contributed by atoms with Gasteiger partial charge >= 0.3 is 0 Å². The van der Waals surface area contributed by atoms with Gasteiger partial charge < -0.3 is 0 Å². The Kier molecular flexibility index (Phi) is 40.3. The van der Waals surface area contributed by atoms with Crippen molar-refractivity contribution in [3.05, 3.63) is 37.0 Å². The molecule has 2 bridgehead atoms. The molecule has 0 radical (unpaired) electrons. The molecule has 7 fully saturated rings. The summed E-state index contributed by atoms with van der Waals surface area (Å²) < 4.78 is 0. The smallest absolute Gasteiger partial charge is 0.0205 e. The van der Waals surface area contributed by atoms with Crippen LogP contribution in [0.5, 0.6) is 0 Å². The first-order valence-corrected chi connectivity index (χ1v) is 50.2. The lowest BCUT2D eigenvalue weighted by atomic mass is 9.48. The molecule has 20 atom stereocenters. The van der Waals surface area contributed by atoms with Gasteiger partial charge in [0.2, 0.25) is 0 Å². The fourth-order valence-electron chi connectivity index (χ4n) is 26.8. The van der Waals surface area contributed by atoms with Gasteiger partial charge in [0.25, 0.3) is 0 Å². The van der Waals surface area contributed by atoms with Crippen molar-refractivity contribution in [2.45, 2.75) is 499 Å². The zero-order chi connectivity index (χ0) is 90.1. The highest BCUT2D eigenvalue weighted by molar-refractivity contribution is 5.09. The van der Waals surface area contributed by atoms with E-state index in [1.165, 1.54) is 173 Å². The molecule has 0 aromatic heterocycles. The van der Waals surface area contributed by atoms with E-state index in [9.17, 15) is 0 Å². The van der Waals surface area contributed by atoms with E-state index in [0.29, 0.717) is 86.6 Å². The van der Waals surface area contributed by atoms with E-state index in [-0.39, 0.29) is 0 Å². The molecule has 0 aromatic rings. The van der Waals surface area contributed by atoms with Crippen molar-refractivity contribution in [2.75, 3.05) is 0 Å². The third-order valence-corrected chi connectivity index (χ3v) is 34.6. The van der Waals surface area contributed by atoms with Crippen molar-refractivity contribution in [1.82, 2.24) is 0 Å². The zero-order valence-corrected chi connectivity index (χ0v) is 89.0. The standard InChI is InChI=1S/C18H36.C18H34.C16H32.C16H30.C16H32.C16H30.C15H28/c2*1-13(2)14-10-11-18(9,17(6,7)8)15(12-14)16(3,4)5;2*1-15(2,3)13-11-9-7-8-10-12-14(13)16(4,5)6;2*1-8-12-9-10-13(15(2,3)4)14(11-12)16(5,6)7;1-14(2,3)12-10-7-8-11(9-10)13(12)15(4,5)6/h13-15H,10-12H2,1-9H3;14-15H,1,10-12H2,2-9H3;13-14H,7-12H2,1-6H3;7-8,13-14H,9-12H2,1-6H3;12-14H,8-11H2,1-7H3;8,12-14H,1,9-11H2,2-7H3;10-13H,7-9H2,1-6H3. The van der Waals surface area contributed by atoms with E-state index >= 15 is 0 Å². The summed E-state index contributed by atoms with van der Waals surface area (Å²) >= 11 is 0. The summed E-state index contributed by atoms with van der Waals surface area (Å²) in [7, 11) is 0. The first kappa shape index (κ1) is 110. The van der Waals surface area contributed by atoms with Crippen LogP contribution >= 0.6 is 0 Å². The monoisotopic (exact) mass is 1600 g/mol. The SMILES string of the molecule is C=C(C)C1CCC(C)(C(C)(C)C)C(C(C)(C)C)C1.C=CC1CCC(C(C)(C)C)C(C(C)(C)C)C1.CC(C)(C)C1C2CCC(C2)C1C(C)(C)C.CC(C)(C)C1CCC=CCCC1C(C)(C)C.CC(C)(C)C1CCCCCCC1C(C)(C)C.CC(C)C1CCC(C)(C(C)(C)C)C(C(C)(C)C)C1.CCC1CCC(C(C)(C)C)C(C(C)(C)C)C1. The second-order valence-corrected chi connectivity index (χ2v) is 57.7. The van der Waals surface area contributed by atoms with Gasteiger partial charge in [-0.05, 0) is 334 Å². The van der Waals surface area contributed by atoms with Crippen LogP contribution in [0.3, 0.4) is 0 Å². The highest BCUT2D eigenvalue weighted by Gasteiger charge is 2.57. The fraction of sp³-hybridized carbons (Fsp3) is 0.948. The van der Waals surface area contributed by atoms with Crippen LogP contribution in [0.15, 0.2) is 37.0 Å². The molecule has 0 heterocycles. The van der Waals surface area contributed by atoms with E-state index < -0.39 is 0 Å². The average Bonchev–Trinajstić information content (AvgIpc) is 1.74. The van der Waals surface area contributed by atoms with Crippen LogP contribution in [-0.2, 0) is 0 Å². The minimum Gasteiger partial charge on any atom is -0.103 e. The minimum absolute atomic E-state index is 0.380. The van der Waals surface area contributed by atoms with Crippen molar-refractivity contribution < 1.29 is 0 Å². The van der Waals surface area contributed by atoms with Crippen molar-refractivity contribution >= 4 is 0 Å². The number of fused-ring (bicyclic) bond motifs is 2. The predicted molar refractivity (Wildman–Crippen MR) is 526 cm³/mol. The Hall–Kier alpha value is -0.780. The minimum atomic E-state index is 0.380. The molecule has 0 saturated heterocycles. The van der Waals surface area contributed by atoms with Crippen LogP contribution in [0.25, 0.3) is 0 Å². The maximum atomic E-state index is 4.21. The molecule has 7 saturated carbocycles. The van der Waals surface area contributed by atoms with Crippen LogP contribution < -0.4 is 0 Å². The summed E-state index contributed by atoms with van der Waals surface area (Å²) in [4.78, 5) is 0. The van der Waals surface area contributed by atoms with E-state index in [0.717, 1.165) is 112 Å². The van der Waals surface area contributed by atoms with Gasteiger partial charge in [0.15, 0.2) is 0 Å². The van der Waals surface area contributed by atoms with Gasteiger partial charge in [-0.15, -0.1) is 6.58 Å². The Morgan fingerprint density at radius 1 is 0.339 bits per heavy atom. The van der Waals surface area contributed by atoms with E-state index in [1.54, 1.807) is 0 Å². The largest absolute Gasteiger partial charge is 0.103 e. The molecule has 115 heavy (non-hydrogen) atoms. The van der Waals surface area contributed by atoms with Gasteiger partial charge in [-0.25, -0.2) is 0 Å². The van der Waals surface area contributed by atoms with Gasteiger partial charge in [-0.2, -0.15) is 0 Å². The van der Waals surface area contributed by atoms with Gasteiger partial charge in [0, 0.05) is 0 Å².